The summed E-state index contributed by atoms with van der Waals surface area (Å²) in [5.41, 5.74) is 9.91. The minimum Gasteiger partial charge on any atom is -0.496 e. The zero-order valence-electron chi connectivity index (χ0n) is 12.6. The number of halogens is 1. The normalized spacial score (nSPS) is 12.2. The maximum atomic E-state index is 5.96. The van der Waals surface area contributed by atoms with Crippen molar-refractivity contribution in [2.45, 2.75) is 19.8 Å². The van der Waals surface area contributed by atoms with E-state index in [2.05, 4.69) is 59.3 Å². The number of methoxy groups -OCH3 is 1. The zero-order chi connectivity index (χ0) is 15.2. The van der Waals surface area contributed by atoms with E-state index in [1.54, 1.807) is 7.11 Å². The van der Waals surface area contributed by atoms with E-state index in [4.69, 9.17) is 10.5 Å². The Balaban J connectivity index is 2.07. The number of rotatable bonds is 6. The van der Waals surface area contributed by atoms with E-state index in [1.807, 2.05) is 6.07 Å². The Kier molecular flexibility index (Phi) is 5.83. The Morgan fingerprint density at radius 1 is 1.10 bits per heavy atom. The predicted octanol–water partition coefficient (Wildman–Crippen LogP) is 4.13. The summed E-state index contributed by atoms with van der Waals surface area (Å²) in [6.45, 7) is 2.82. The highest BCUT2D eigenvalue weighted by molar-refractivity contribution is 9.10. The Hall–Kier alpha value is -1.32. The van der Waals surface area contributed by atoms with Crippen molar-refractivity contribution in [2.24, 2.45) is 11.7 Å². The van der Waals surface area contributed by atoms with Gasteiger partial charge in [0.05, 0.1) is 11.6 Å². The smallest absolute Gasteiger partial charge is 0.133 e. The van der Waals surface area contributed by atoms with Crippen molar-refractivity contribution in [3.8, 4) is 5.75 Å². The summed E-state index contributed by atoms with van der Waals surface area (Å²) < 4.78 is 6.26. The number of hydrogen-bond donors (Lipinski definition) is 1. The van der Waals surface area contributed by atoms with Crippen molar-refractivity contribution in [3.05, 3.63) is 63.6 Å². The van der Waals surface area contributed by atoms with Crippen LogP contribution in [0, 0.1) is 12.8 Å². The average molecular weight is 348 g/mol. The minimum absolute atomic E-state index is 0.451. The van der Waals surface area contributed by atoms with Crippen LogP contribution in [0.4, 0.5) is 0 Å². The minimum atomic E-state index is 0.451. The van der Waals surface area contributed by atoms with Crippen molar-refractivity contribution >= 4 is 15.9 Å². The van der Waals surface area contributed by atoms with Crippen LogP contribution >= 0.6 is 15.9 Å². The second-order valence-corrected chi connectivity index (χ2v) is 6.32. The molecular formula is C18H22BrNO. The highest BCUT2D eigenvalue weighted by Gasteiger charge is 2.11. The molecule has 1 atom stereocenters. The first kappa shape index (κ1) is 16.1. The molecule has 0 aliphatic carbocycles. The van der Waals surface area contributed by atoms with Crippen LogP contribution in [0.5, 0.6) is 5.75 Å². The van der Waals surface area contributed by atoms with Crippen LogP contribution < -0.4 is 10.5 Å². The van der Waals surface area contributed by atoms with Gasteiger partial charge in [-0.15, -0.1) is 0 Å². The van der Waals surface area contributed by atoms with Crippen LogP contribution in [-0.2, 0) is 12.8 Å². The molecule has 0 saturated heterocycles. The zero-order valence-corrected chi connectivity index (χ0v) is 14.2. The van der Waals surface area contributed by atoms with Gasteiger partial charge in [-0.05, 0) is 71.4 Å². The van der Waals surface area contributed by atoms with Gasteiger partial charge in [0.2, 0.25) is 0 Å². The molecule has 0 aliphatic heterocycles. The van der Waals surface area contributed by atoms with Crippen LogP contribution in [0.15, 0.2) is 46.9 Å². The van der Waals surface area contributed by atoms with Gasteiger partial charge in [0.25, 0.3) is 0 Å². The molecule has 0 spiro atoms. The Morgan fingerprint density at radius 3 is 2.38 bits per heavy atom. The molecule has 2 aromatic rings. The molecule has 0 saturated carbocycles. The summed E-state index contributed by atoms with van der Waals surface area (Å²) in [7, 11) is 1.68. The summed E-state index contributed by atoms with van der Waals surface area (Å²) >= 11 is 3.54. The third-order valence-corrected chi connectivity index (χ3v) is 4.30. The van der Waals surface area contributed by atoms with Gasteiger partial charge in [0.15, 0.2) is 0 Å². The summed E-state index contributed by atoms with van der Waals surface area (Å²) in [6.07, 6.45) is 1.99. The number of nitrogens with two attached hydrogens (primary N) is 1. The van der Waals surface area contributed by atoms with Crippen LogP contribution in [0.3, 0.4) is 0 Å². The van der Waals surface area contributed by atoms with Crippen LogP contribution in [0.25, 0.3) is 0 Å². The van der Waals surface area contributed by atoms with Crippen molar-refractivity contribution in [1.82, 2.24) is 0 Å². The molecule has 0 bridgehead atoms. The lowest BCUT2D eigenvalue weighted by atomic mass is 9.92. The van der Waals surface area contributed by atoms with E-state index in [1.165, 1.54) is 16.7 Å². The first-order valence-corrected chi connectivity index (χ1v) is 7.99. The van der Waals surface area contributed by atoms with Crippen molar-refractivity contribution in [1.29, 1.82) is 0 Å². The second-order valence-electron chi connectivity index (χ2n) is 5.47. The van der Waals surface area contributed by atoms with E-state index >= 15 is 0 Å². The average Bonchev–Trinajstić information content (AvgIpc) is 2.47. The van der Waals surface area contributed by atoms with Crippen molar-refractivity contribution < 1.29 is 4.74 Å². The molecule has 2 nitrogen and oxygen atoms in total. The van der Waals surface area contributed by atoms with Crippen LogP contribution in [0.2, 0.25) is 0 Å². The van der Waals surface area contributed by atoms with E-state index < -0.39 is 0 Å². The molecule has 1 unspecified atom stereocenters. The molecular weight excluding hydrogens is 326 g/mol. The number of ether oxygens (including phenoxy) is 1. The van der Waals surface area contributed by atoms with Gasteiger partial charge in [0.1, 0.15) is 5.75 Å². The fourth-order valence-electron chi connectivity index (χ4n) is 2.58. The summed E-state index contributed by atoms with van der Waals surface area (Å²) in [4.78, 5) is 0. The molecule has 0 radical (unpaired) electrons. The molecule has 0 aliphatic rings. The largest absolute Gasteiger partial charge is 0.496 e. The lowest BCUT2D eigenvalue weighted by Crippen LogP contribution is -2.19. The maximum Gasteiger partial charge on any atom is 0.133 e. The number of aryl methyl sites for hydroxylation is 1. The third-order valence-electron chi connectivity index (χ3n) is 3.68. The molecule has 0 fully saturated rings. The molecule has 0 aromatic heterocycles. The molecule has 2 rings (SSSR count). The van der Waals surface area contributed by atoms with Gasteiger partial charge < -0.3 is 10.5 Å². The van der Waals surface area contributed by atoms with Gasteiger partial charge in [-0.3, -0.25) is 0 Å². The summed E-state index contributed by atoms with van der Waals surface area (Å²) in [5, 5.41) is 0. The molecule has 0 heterocycles. The molecule has 3 heteroatoms. The van der Waals surface area contributed by atoms with Gasteiger partial charge in [-0.25, -0.2) is 0 Å². The monoisotopic (exact) mass is 347 g/mol. The van der Waals surface area contributed by atoms with Crippen LogP contribution in [0.1, 0.15) is 16.7 Å². The Morgan fingerprint density at radius 2 is 1.81 bits per heavy atom. The summed E-state index contributed by atoms with van der Waals surface area (Å²) in [6, 6.07) is 14.9. The third kappa shape index (κ3) is 4.58. The Labute approximate surface area is 135 Å². The first-order chi connectivity index (χ1) is 10.1. The van der Waals surface area contributed by atoms with E-state index in [0.29, 0.717) is 12.5 Å². The summed E-state index contributed by atoms with van der Waals surface area (Å²) in [5.74, 6) is 1.31. The fourth-order valence-corrected chi connectivity index (χ4v) is 3.17. The van der Waals surface area contributed by atoms with Gasteiger partial charge in [0, 0.05) is 0 Å². The van der Waals surface area contributed by atoms with Gasteiger partial charge in [-0.2, -0.15) is 0 Å². The lowest BCUT2D eigenvalue weighted by Gasteiger charge is -2.16. The van der Waals surface area contributed by atoms with E-state index in [-0.39, 0.29) is 0 Å². The lowest BCUT2D eigenvalue weighted by molar-refractivity contribution is 0.411. The highest BCUT2D eigenvalue weighted by atomic mass is 79.9. The predicted molar refractivity (Wildman–Crippen MR) is 91.8 cm³/mol. The number of hydrogen-bond acceptors (Lipinski definition) is 2. The molecule has 2 aromatic carbocycles. The molecule has 21 heavy (non-hydrogen) atoms. The maximum absolute atomic E-state index is 5.96. The molecule has 112 valence electrons. The number of benzene rings is 2. The molecule has 0 amide bonds. The van der Waals surface area contributed by atoms with Crippen LogP contribution in [-0.4, -0.2) is 13.7 Å². The second kappa shape index (κ2) is 7.62. The van der Waals surface area contributed by atoms with Gasteiger partial charge >= 0.3 is 0 Å². The van der Waals surface area contributed by atoms with Gasteiger partial charge in [-0.1, -0.05) is 35.9 Å². The Bertz CT molecular complexity index is 598. The standard InChI is InChI=1S/C18H22BrNO/c1-13-4-3-5-14(8-13)9-16(12-20)10-15-6-7-18(21-2)17(19)11-15/h3-8,11,16H,9-10,12,20H2,1-2H3. The van der Waals surface area contributed by atoms with E-state index in [9.17, 15) is 0 Å². The topological polar surface area (TPSA) is 35.2 Å². The quantitative estimate of drug-likeness (QED) is 0.852. The van der Waals surface area contributed by atoms with Crippen molar-refractivity contribution in [2.75, 3.05) is 13.7 Å². The fraction of sp³-hybridized carbons (Fsp3) is 0.333. The molecule has 2 N–H and O–H groups in total. The van der Waals surface area contributed by atoms with E-state index in [0.717, 1.165) is 23.1 Å². The first-order valence-electron chi connectivity index (χ1n) is 7.20. The van der Waals surface area contributed by atoms with Crippen molar-refractivity contribution in [3.63, 3.8) is 0 Å². The SMILES string of the molecule is COc1ccc(CC(CN)Cc2cccc(C)c2)cc1Br. The highest BCUT2D eigenvalue weighted by Crippen LogP contribution is 2.27.